The molecule has 1 heterocycles. The van der Waals surface area contributed by atoms with Crippen LogP contribution in [0.4, 0.5) is 5.69 Å². The number of halogens is 2. The lowest BCUT2D eigenvalue weighted by Crippen LogP contribution is -2.41. The van der Waals surface area contributed by atoms with Gasteiger partial charge in [-0.05, 0) is 48.9 Å². The van der Waals surface area contributed by atoms with E-state index in [1.165, 1.54) is 0 Å². The van der Waals surface area contributed by atoms with E-state index >= 15 is 0 Å². The van der Waals surface area contributed by atoms with Crippen molar-refractivity contribution in [3.05, 3.63) is 64.1 Å². The molecular formula is C19H16Cl2N4O2S. The summed E-state index contributed by atoms with van der Waals surface area (Å²) >= 11 is 12.9. The topological polar surface area (TPSA) is 82.9 Å². The number of nitrogens with zero attached hydrogens (tertiary/aromatic N) is 2. The minimum absolute atomic E-state index is 0.0585. The summed E-state index contributed by atoms with van der Waals surface area (Å²) in [4.78, 5) is 24.5. The van der Waals surface area contributed by atoms with Crippen molar-refractivity contribution in [2.45, 2.75) is 18.6 Å². The molecule has 2 aromatic rings. The van der Waals surface area contributed by atoms with E-state index in [9.17, 15) is 9.59 Å². The first-order valence-electron chi connectivity index (χ1n) is 8.32. The summed E-state index contributed by atoms with van der Waals surface area (Å²) < 4.78 is 0. The van der Waals surface area contributed by atoms with Crippen LogP contribution in [0.15, 0.2) is 58.7 Å². The van der Waals surface area contributed by atoms with E-state index in [0.717, 1.165) is 17.3 Å². The molecule has 0 radical (unpaired) electrons. The summed E-state index contributed by atoms with van der Waals surface area (Å²) in [7, 11) is 0. The molecule has 0 saturated carbocycles. The number of carbonyl (C=O) groups is 2. The van der Waals surface area contributed by atoms with Crippen molar-refractivity contribution in [2.24, 2.45) is 10.2 Å². The van der Waals surface area contributed by atoms with Gasteiger partial charge in [0, 0.05) is 22.2 Å². The van der Waals surface area contributed by atoms with Gasteiger partial charge in [0.05, 0.1) is 5.71 Å². The molecule has 3 rings (SSSR count). The Hall–Kier alpha value is -2.35. The zero-order chi connectivity index (χ0) is 20.1. The lowest BCUT2D eigenvalue weighted by Gasteiger charge is -2.21. The Morgan fingerprint density at radius 2 is 1.71 bits per heavy atom. The summed E-state index contributed by atoms with van der Waals surface area (Å²) in [6.45, 7) is 1.80. The molecule has 1 aliphatic heterocycles. The summed E-state index contributed by atoms with van der Waals surface area (Å²) in [6, 6.07) is 13.9. The highest BCUT2D eigenvalue weighted by atomic mass is 35.5. The van der Waals surface area contributed by atoms with Gasteiger partial charge in [0.15, 0.2) is 5.17 Å². The number of amidine groups is 1. The van der Waals surface area contributed by atoms with Gasteiger partial charge in [0.25, 0.3) is 0 Å². The molecule has 2 N–H and O–H groups in total. The second kappa shape index (κ2) is 9.23. The van der Waals surface area contributed by atoms with Crippen LogP contribution >= 0.6 is 35.0 Å². The third-order valence-corrected chi connectivity index (χ3v) is 5.40. The Balaban J connectivity index is 1.69. The molecule has 2 amide bonds. The second-order valence-electron chi connectivity index (χ2n) is 5.95. The number of benzene rings is 2. The number of rotatable bonds is 4. The summed E-state index contributed by atoms with van der Waals surface area (Å²) in [5.74, 6) is -0.568. The van der Waals surface area contributed by atoms with Crippen LogP contribution < -0.4 is 10.6 Å². The summed E-state index contributed by atoms with van der Waals surface area (Å²) in [5, 5.41) is 14.5. The molecule has 1 fully saturated rings. The van der Waals surface area contributed by atoms with Crippen LogP contribution in [-0.4, -0.2) is 27.9 Å². The first-order chi connectivity index (χ1) is 13.4. The molecule has 2 aromatic carbocycles. The second-order valence-corrected chi connectivity index (χ2v) is 8.02. The molecule has 28 heavy (non-hydrogen) atoms. The molecular weight excluding hydrogens is 419 g/mol. The molecule has 9 heteroatoms. The third kappa shape index (κ3) is 5.58. The van der Waals surface area contributed by atoms with Crippen LogP contribution in [0.1, 0.15) is 18.9 Å². The van der Waals surface area contributed by atoms with Gasteiger partial charge >= 0.3 is 0 Å². The van der Waals surface area contributed by atoms with E-state index in [2.05, 4.69) is 20.8 Å². The highest BCUT2D eigenvalue weighted by molar-refractivity contribution is 8.15. The van der Waals surface area contributed by atoms with Gasteiger partial charge in [-0.1, -0.05) is 47.1 Å². The van der Waals surface area contributed by atoms with Gasteiger partial charge in [-0.3, -0.25) is 9.59 Å². The van der Waals surface area contributed by atoms with Gasteiger partial charge in [-0.2, -0.15) is 5.10 Å². The van der Waals surface area contributed by atoms with Crippen molar-refractivity contribution in [3.8, 4) is 0 Å². The van der Waals surface area contributed by atoms with Crippen molar-refractivity contribution in [3.63, 3.8) is 0 Å². The summed E-state index contributed by atoms with van der Waals surface area (Å²) in [6.07, 6.45) is 0.0585. The minimum atomic E-state index is -0.603. The molecule has 0 spiro atoms. The average molecular weight is 435 g/mol. The first-order valence-corrected chi connectivity index (χ1v) is 9.95. The van der Waals surface area contributed by atoms with Gasteiger partial charge in [-0.15, -0.1) is 5.10 Å². The molecule has 0 aromatic heterocycles. The van der Waals surface area contributed by atoms with Crippen molar-refractivity contribution >= 4 is 63.3 Å². The number of hydrogen-bond acceptors (Lipinski definition) is 5. The van der Waals surface area contributed by atoms with Crippen LogP contribution in [-0.2, 0) is 9.59 Å². The van der Waals surface area contributed by atoms with Gasteiger partial charge in [0.2, 0.25) is 11.8 Å². The first kappa shape index (κ1) is 20.4. The van der Waals surface area contributed by atoms with E-state index < -0.39 is 5.25 Å². The highest BCUT2D eigenvalue weighted by Gasteiger charge is 2.30. The number of thioether (sulfide) groups is 1. The molecule has 0 unspecified atom stereocenters. The molecule has 0 bridgehead atoms. The Labute approximate surface area is 176 Å². The zero-order valence-electron chi connectivity index (χ0n) is 14.8. The van der Waals surface area contributed by atoms with E-state index in [4.69, 9.17) is 23.2 Å². The monoisotopic (exact) mass is 434 g/mol. The number of amides is 2. The Bertz CT molecular complexity index is 943. The molecule has 144 valence electrons. The molecule has 6 nitrogen and oxygen atoms in total. The number of hydrogen-bond donors (Lipinski definition) is 2. The largest absolute Gasteiger partial charge is 0.325 e. The zero-order valence-corrected chi connectivity index (χ0v) is 17.1. The van der Waals surface area contributed by atoms with E-state index in [0.29, 0.717) is 21.4 Å². The standard InChI is InChI=1S/C19H16Cl2N4O2S/c1-11(12-2-4-13(20)5-3-12)24-25-19-23-17(26)10-16(28-19)18(27)22-15-8-6-14(21)7-9-15/h2-9,16H,10H2,1H3,(H,22,27)(H,23,25,26)/b24-11-/t16-/m1/s1. The van der Waals surface area contributed by atoms with Gasteiger partial charge in [0.1, 0.15) is 5.25 Å². The summed E-state index contributed by atoms with van der Waals surface area (Å²) in [5.41, 5.74) is 2.13. The minimum Gasteiger partial charge on any atom is -0.325 e. The Morgan fingerprint density at radius 3 is 2.36 bits per heavy atom. The predicted molar refractivity (Wildman–Crippen MR) is 115 cm³/mol. The average Bonchev–Trinajstić information content (AvgIpc) is 2.68. The Morgan fingerprint density at radius 1 is 1.11 bits per heavy atom. The van der Waals surface area contributed by atoms with Crippen molar-refractivity contribution in [2.75, 3.05) is 5.32 Å². The van der Waals surface area contributed by atoms with Crippen LogP contribution in [0.5, 0.6) is 0 Å². The fourth-order valence-electron chi connectivity index (χ4n) is 2.36. The number of nitrogens with one attached hydrogen (secondary N) is 2. The Kier molecular flexibility index (Phi) is 6.72. The van der Waals surface area contributed by atoms with E-state index in [-0.39, 0.29) is 23.4 Å². The molecule has 1 aliphatic rings. The van der Waals surface area contributed by atoms with E-state index in [1.807, 2.05) is 12.1 Å². The van der Waals surface area contributed by atoms with Crippen molar-refractivity contribution in [1.29, 1.82) is 0 Å². The normalized spacial score (nSPS) is 18.7. The maximum Gasteiger partial charge on any atom is 0.238 e. The maximum absolute atomic E-state index is 12.5. The van der Waals surface area contributed by atoms with Crippen LogP contribution in [0.2, 0.25) is 10.0 Å². The van der Waals surface area contributed by atoms with Crippen LogP contribution in [0, 0.1) is 0 Å². The van der Waals surface area contributed by atoms with E-state index in [1.54, 1.807) is 43.3 Å². The quantitative estimate of drug-likeness (QED) is 0.554. The van der Waals surface area contributed by atoms with Crippen molar-refractivity contribution in [1.82, 2.24) is 5.32 Å². The number of anilines is 1. The molecule has 1 saturated heterocycles. The molecule has 0 aliphatic carbocycles. The van der Waals surface area contributed by atoms with Gasteiger partial charge < -0.3 is 10.6 Å². The lowest BCUT2D eigenvalue weighted by molar-refractivity contribution is -0.123. The molecule has 1 atom stereocenters. The number of carbonyl (C=O) groups excluding carboxylic acids is 2. The van der Waals surface area contributed by atoms with Crippen LogP contribution in [0.25, 0.3) is 0 Å². The third-order valence-electron chi connectivity index (χ3n) is 3.83. The highest BCUT2D eigenvalue weighted by Crippen LogP contribution is 2.23. The predicted octanol–water partition coefficient (Wildman–Crippen LogP) is 4.33. The maximum atomic E-state index is 12.5. The van der Waals surface area contributed by atoms with Crippen molar-refractivity contribution < 1.29 is 9.59 Å². The lowest BCUT2D eigenvalue weighted by atomic mass is 10.1. The SMILES string of the molecule is C/C(=N/N=C1/NC(=O)C[C@H](C(=O)Nc2ccc(Cl)cc2)S1)c1ccc(Cl)cc1. The van der Waals surface area contributed by atoms with Gasteiger partial charge in [-0.25, -0.2) is 0 Å². The van der Waals surface area contributed by atoms with Crippen LogP contribution in [0.3, 0.4) is 0 Å². The smallest absolute Gasteiger partial charge is 0.238 e. The fourth-order valence-corrected chi connectivity index (χ4v) is 3.55. The fraction of sp³-hybridized carbons (Fsp3) is 0.158.